The van der Waals surface area contributed by atoms with Crippen LogP contribution in [0.1, 0.15) is 74.6 Å². The van der Waals surface area contributed by atoms with Crippen LogP contribution in [0.15, 0.2) is 59.1 Å². The predicted octanol–water partition coefficient (Wildman–Crippen LogP) is 5.72. The van der Waals surface area contributed by atoms with Crippen molar-refractivity contribution in [1.29, 1.82) is 0 Å². The Kier molecular flexibility index (Phi) is 8.23. The zero-order valence-corrected chi connectivity index (χ0v) is 22.8. The van der Waals surface area contributed by atoms with Crippen LogP contribution in [0.5, 0.6) is 5.75 Å². The van der Waals surface area contributed by atoms with Gasteiger partial charge in [-0.1, -0.05) is 74.2 Å². The first-order valence-electron chi connectivity index (χ1n) is 14.0. The second kappa shape index (κ2) is 11.6. The second-order valence-corrected chi connectivity index (χ2v) is 11.4. The molecule has 1 saturated heterocycles. The van der Waals surface area contributed by atoms with Crippen LogP contribution in [0, 0.1) is 18.8 Å². The number of nitrogens with one attached hydrogen (secondary N) is 1. The number of benzene rings is 2. The largest absolute Gasteiger partial charge is 0.484 e. The summed E-state index contributed by atoms with van der Waals surface area (Å²) < 4.78 is 12.8. The number of hydrogen-bond donors (Lipinski definition) is 2. The molecule has 1 aliphatic heterocycles. The number of nitrogens with zero attached hydrogens (tertiary/aromatic N) is 1. The third-order valence-electron chi connectivity index (χ3n) is 8.55. The molecular weight excluding hydrogens is 484 g/mol. The lowest BCUT2D eigenvalue weighted by atomic mass is 9.73. The Labute approximate surface area is 225 Å². The van der Waals surface area contributed by atoms with E-state index in [0.717, 1.165) is 85.8 Å². The highest BCUT2D eigenvalue weighted by Crippen LogP contribution is 2.43. The van der Waals surface area contributed by atoms with Crippen molar-refractivity contribution in [2.24, 2.45) is 11.8 Å². The van der Waals surface area contributed by atoms with Crippen molar-refractivity contribution in [2.75, 3.05) is 13.1 Å². The van der Waals surface area contributed by atoms with E-state index >= 15 is 0 Å². The summed E-state index contributed by atoms with van der Waals surface area (Å²) in [5.41, 5.74) is 0.735. The Bertz CT molecular complexity index is 1160. The highest BCUT2D eigenvalue weighted by Gasteiger charge is 2.45. The average molecular weight is 524 g/mol. The number of hydrogen-bond acceptors (Lipinski definition) is 4. The van der Waals surface area contributed by atoms with Gasteiger partial charge < -0.3 is 19.2 Å². The molecule has 0 spiro atoms. The molecule has 1 saturated carbocycles. The fourth-order valence-corrected chi connectivity index (χ4v) is 6.44. The van der Waals surface area contributed by atoms with Crippen LogP contribution in [0.2, 0.25) is 5.02 Å². The maximum absolute atomic E-state index is 12.1. The molecule has 1 aliphatic carbocycles. The molecule has 37 heavy (non-hydrogen) atoms. The van der Waals surface area contributed by atoms with E-state index in [1.54, 1.807) is 0 Å². The van der Waals surface area contributed by atoms with Gasteiger partial charge in [0.25, 0.3) is 0 Å². The van der Waals surface area contributed by atoms with Crippen LogP contribution >= 0.6 is 11.6 Å². The van der Waals surface area contributed by atoms with E-state index in [-0.39, 0.29) is 12.0 Å². The molecule has 6 heteroatoms. The smallest absolute Gasteiger partial charge is 0.231 e. The lowest BCUT2D eigenvalue weighted by molar-refractivity contribution is -0.923. The zero-order chi connectivity index (χ0) is 25.8. The summed E-state index contributed by atoms with van der Waals surface area (Å²) in [6.07, 6.45) is 9.62. The number of aryl methyl sites for hydroxylation is 1. The molecule has 0 radical (unpaired) electrons. The molecule has 3 unspecified atom stereocenters. The number of rotatable bonds is 8. The molecular formula is C31H40ClN2O3+. The number of ether oxygens (including phenoxy) is 1. The number of oxazole rings is 1. The fraction of sp³-hybridized carbons (Fsp3) is 0.516. The summed E-state index contributed by atoms with van der Waals surface area (Å²) in [6, 6.07) is 15.9. The number of aliphatic hydroxyl groups is 1. The maximum Gasteiger partial charge on any atom is 0.231 e. The summed E-state index contributed by atoms with van der Waals surface area (Å²) in [7, 11) is 0. The van der Waals surface area contributed by atoms with Crippen molar-refractivity contribution in [3.8, 4) is 5.75 Å². The van der Waals surface area contributed by atoms with Crippen LogP contribution in [0.4, 0.5) is 0 Å². The Morgan fingerprint density at radius 1 is 1.11 bits per heavy atom. The van der Waals surface area contributed by atoms with Crippen molar-refractivity contribution in [1.82, 2.24) is 4.98 Å². The molecule has 0 bridgehead atoms. The molecule has 1 aromatic heterocycles. The van der Waals surface area contributed by atoms with Gasteiger partial charge in [0, 0.05) is 23.3 Å². The fourth-order valence-electron chi connectivity index (χ4n) is 6.27. The molecule has 2 aromatic carbocycles. The number of likely N-dealkylation sites (tertiary alicyclic amines) is 1. The first-order valence-corrected chi connectivity index (χ1v) is 14.3. The summed E-state index contributed by atoms with van der Waals surface area (Å²) in [6.45, 7) is 6.94. The van der Waals surface area contributed by atoms with Gasteiger partial charge in [-0.05, 0) is 49.4 Å². The second-order valence-electron chi connectivity index (χ2n) is 11.0. The van der Waals surface area contributed by atoms with Crippen molar-refractivity contribution >= 4 is 11.6 Å². The van der Waals surface area contributed by atoms with E-state index in [9.17, 15) is 5.11 Å². The van der Waals surface area contributed by atoms with Gasteiger partial charge in [0.05, 0.1) is 12.7 Å². The van der Waals surface area contributed by atoms with Crippen LogP contribution in [0.3, 0.4) is 0 Å². The summed E-state index contributed by atoms with van der Waals surface area (Å²) >= 11 is 6.35. The van der Waals surface area contributed by atoms with E-state index in [1.807, 2.05) is 61.7 Å². The van der Waals surface area contributed by atoms with E-state index in [2.05, 4.69) is 11.9 Å². The molecule has 2 N–H and O–H groups in total. The SMILES string of the molecule is CCC1CC[NH+](Cc2cnc([C@](O)(c3ccccc3)C3CCCCC3)o2)CC1Oc1ccc(C)c(Cl)c1. The van der Waals surface area contributed by atoms with Crippen LogP contribution in [-0.4, -0.2) is 29.3 Å². The minimum absolute atomic E-state index is 0.113. The van der Waals surface area contributed by atoms with Crippen molar-refractivity contribution in [3.05, 3.63) is 82.5 Å². The zero-order valence-electron chi connectivity index (χ0n) is 22.1. The first-order chi connectivity index (χ1) is 18.0. The average Bonchev–Trinajstić information content (AvgIpc) is 3.40. The number of aromatic nitrogens is 1. The third kappa shape index (κ3) is 5.74. The van der Waals surface area contributed by atoms with Crippen molar-refractivity contribution < 1.29 is 19.2 Å². The minimum Gasteiger partial charge on any atom is -0.484 e. The van der Waals surface area contributed by atoms with Gasteiger partial charge in [0.1, 0.15) is 18.8 Å². The quantitative estimate of drug-likeness (QED) is 0.397. The minimum atomic E-state index is -1.19. The Morgan fingerprint density at radius 3 is 2.62 bits per heavy atom. The van der Waals surface area contributed by atoms with Gasteiger partial charge in [-0.15, -0.1) is 0 Å². The highest BCUT2D eigenvalue weighted by atomic mass is 35.5. The van der Waals surface area contributed by atoms with Gasteiger partial charge in [-0.25, -0.2) is 4.98 Å². The molecule has 5 rings (SSSR count). The number of halogens is 1. The molecule has 3 aromatic rings. The summed E-state index contributed by atoms with van der Waals surface area (Å²) in [5.74, 6) is 2.72. The summed E-state index contributed by atoms with van der Waals surface area (Å²) in [4.78, 5) is 6.08. The van der Waals surface area contributed by atoms with Crippen LogP contribution in [-0.2, 0) is 12.1 Å². The van der Waals surface area contributed by atoms with E-state index in [0.29, 0.717) is 11.8 Å². The topological polar surface area (TPSA) is 59.9 Å². The van der Waals surface area contributed by atoms with Crippen LogP contribution < -0.4 is 9.64 Å². The molecule has 4 atom stereocenters. The Hall–Kier alpha value is -2.34. The van der Waals surface area contributed by atoms with E-state index in [4.69, 9.17) is 20.8 Å². The van der Waals surface area contributed by atoms with Gasteiger partial charge in [0.15, 0.2) is 17.5 Å². The monoisotopic (exact) mass is 523 g/mol. The van der Waals surface area contributed by atoms with Gasteiger partial charge in [0.2, 0.25) is 5.89 Å². The summed E-state index contributed by atoms with van der Waals surface area (Å²) in [5, 5.41) is 12.9. The molecule has 2 aliphatic rings. The van der Waals surface area contributed by atoms with Gasteiger partial charge >= 0.3 is 0 Å². The molecule has 2 fully saturated rings. The van der Waals surface area contributed by atoms with Gasteiger partial charge in [-0.3, -0.25) is 0 Å². The lowest BCUT2D eigenvalue weighted by Crippen LogP contribution is -3.13. The number of quaternary nitrogens is 1. The van der Waals surface area contributed by atoms with Gasteiger partial charge in [-0.2, -0.15) is 0 Å². The normalized spacial score (nSPS) is 24.5. The molecule has 0 amide bonds. The third-order valence-corrected chi connectivity index (χ3v) is 8.96. The predicted molar refractivity (Wildman–Crippen MR) is 146 cm³/mol. The number of piperidine rings is 1. The highest BCUT2D eigenvalue weighted by molar-refractivity contribution is 6.31. The maximum atomic E-state index is 12.1. The standard InChI is InChI=1S/C31H39ClN2O3/c1-3-23-16-17-34(21-29(23)36-26-15-14-22(2)28(32)18-26)20-27-19-33-30(37-27)31(35,24-10-6-4-7-11-24)25-12-8-5-9-13-25/h4,6-7,10-11,14-15,18-19,23,25,29,35H,3,5,8-9,12-13,16-17,20-21H2,1-2H3/p+1/t23?,29?,31-/m0/s1. The Morgan fingerprint density at radius 2 is 1.89 bits per heavy atom. The molecule has 198 valence electrons. The van der Waals surface area contributed by atoms with Crippen LogP contribution in [0.25, 0.3) is 0 Å². The first kappa shape index (κ1) is 26.3. The molecule has 5 nitrogen and oxygen atoms in total. The van der Waals surface area contributed by atoms with Crippen molar-refractivity contribution in [2.45, 2.75) is 77.0 Å². The molecule has 2 heterocycles. The van der Waals surface area contributed by atoms with Crippen molar-refractivity contribution in [3.63, 3.8) is 0 Å². The lowest BCUT2D eigenvalue weighted by Gasteiger charge is -2.36. The van der Waals surface area contributed by atoms with E-state index in [1.165, 1.54) is 11.3 Å². The Balaban J connectivity index is 1.32. The van der Waals surface area contributed by atoms with E-state index < -0.39 is 5.60 Å².